The zero-order valence-corrected chi connectivity index (χ0v) is 14.4. The van der Waals surface area contributed by atoms with Crippen LogP contribution in [0.4, 0.5) is 11.5 Å². The fourth-order valence-electron chi connectivity index (χ4n) is 2.27. The van der Waals surface area contributed by atoms with Gasteiger partial charge < -0.3 is 15.0 Å². The predicted octanol–water partition coefficient (Wildman–Crippen LogP) is 3.47. The van der Waals surface area contributed by atoms with Crippen molar-refractivity contribution < 1.29 is 9.66 Å². The first-order valence-electron chi connectivity index (χ1n) is 7.68. The van der Waals surface area contributed by atoms with E-state index in [1.807, 2.05) is 24.3 Å². The molecule has 9 heteroatoms. The van der Waals surface area contributed by atoms with Gasteiger partial charge in [0.2, 0.25) is 11.7 Å². The highest BCUT2D eigenvalue weighted by Crippen LogP contribution is 2.25. The highest BCUT2D eigenvalue weighted by atomic mass is 32.2. The molecule has 2 heterocycles. The molecule has 0 fully saturated rings. The number of fused-ring (bicyclic) bond motifs is 1. The number of thioether (sulfide) groups is 1. The molecular weight excluding hydrogens is 342 g/mol. The van der Waals surface area contributed by atoms with Crippen LogP contribution in [0.25, 0.3) is 11.0 Å². The summed E-state index contributed by atoms with van der Waals surface area (Å²) in [4.78, 5) is 22.4. The maximum atomic E-state index is 11.0. The minimum absolute atomic E-state index is 0.0641. The Morgan fingerprint density at radius 3 is 2.88 bits per heavy atom. The molecule has 0 saturated carbocycles. The average Bonchev–Trinajstić information content (AvgIpc) is 3.03. The highest BCUT2D eigenvalue weighted by Gasteiger charge is 2.15. The number of rotatable bonds is 8. The Balaban J connectivity index is 1.52. The molecular formula is C16H17N5O3S. The average molecular weight is 359 g/mol. The smallest absolute Gasteiger partial charge is 0.311 e. The molecule has 0 atom stereocenters. The summed E-state index contributed by atoms with van der Waals surface area (Å²) in [7, 11) is 1.47. The molecule has 0 unspecified atom stereocenters. The number of H-pyrrole nitrogens is 1. The molecule has 0 aliphatic heterocycles. The van der Waals surface area contributed by atoms with Crippen molar-refractivity contribution in [1.29, 1.82) is 0 Å². The molecule has 2 N–H and O–H groups in total. The molecule has 0 spiro atoms. The third kappa shape index (κ3) is 4.18. The van der Waals surface area contributed by atoms with Gasteiger partial charge in [0, 0.05) is 24.4 Å². The third-order valence-electron chi connectivity index (χ3n) is 3.47. The van der Waals surface area contributed by atoms with Gasteiger partial charge in [0.15, 0.2) is 5.16 Å². The number of aromatic nitrogens is 3. The zero-order valence-electron chi connectivity index (χ0n) is 13.6. The second-order valence-electron chi connectivity index (χ2n) is 5.17. The van der Waals surface area contributed by atoms with Crippen molar-refractivity contribution in [3.05, 3.63) is 46.5 Å². The number of nitrogens with zero attached hydrogens (tertiary/aromatic N) is 3. The van der Waals surface area contributed by atoms with Crippen molar-refractivity contribution in [1.82, 2.24) is 15.0 Å². The lowest BCUT2D eigenvalue weighted by atomic mass is 10.3. The van der Waals surface area contributed by atoms with Crippen LogP contribution in [-0.2, 0) is 0 Å². The van der Waals surface area contributed by atoms with Crippen LogP contribution in [-0.4, -0.2) is 39.3 Å². The lowest BCUT2D eigenvalue weighted by Gasteiger charge is -2.07. The summed E-state index contributed by atoms with van der Waals surface area (Å²) in [6.07, 6.45) is 0.803. The van der Waals surface area contributed by atoms with Crippen molar-refractivity contribution >= 4 is 34.3 Å². The molecule has 0 bridgehead atoms. The fraction of sp³-hybridized carbons (Fsp3) is 0.250. The molecule has 25 heavy (non-hydrogen) atoms. The van der Waals surface area contributed by atoms with Gasteiger partial charge >= 0.3 is 5.69 Å². The van der Waals surface area contributed by atoms with Gasteiger partial charge in [-0.05, 0) is 18.6 Å². The summed E-state index contributed by atoms with van der Waals surface area (Å²) in [5.41, 5.74) is 1.89. The maximum absolute atomic E-state index is 11.0. The Morgan fingerprint density at radius 2 is 2.12 bits per heavy atom. The van der Waals surface area contributed by atoms with Gasteiger partial charge in [-0.1, -0.05) is 23.9 Å². The molecule has 3 rings (SSSR count). The number of hydrogen-bond acceptors (Lipinski definition) is 7. The van der Waals surface area contributed by atoms with E-state index in [1.165, 1.54) is 19.2 Å². The molecule has 0 amide bonds. The normalized spacial score (nSPS) is 10.8. The van der Waals surface area contributed by atoms with Gasteiger partial charge in [0.25, 0.3) is 0 Å². The summed E-state index contributed by atoms with van der Waals surface area (Å²) in [5, 5.41) is 14.9. The van der Waals surface area contributed by atoms with Crippen LogP contribution >= 0.6 is 11.8 Å². The van der Waals surface area contributed by atoms with Crippen LogP contribution in [0.5, 0.6) is 5.88 Å². The van der Waals surface area contributed by atoms with E-state index in [9.17, 15) is 10.1 Å². The Labute approximate surface area is 148 Å². The number of methoxy groups -OCH3 is 1. The highest BCUT2D eigenvalue weighted by molar-refractivity contribution is 7.99. The van der Waals surface area contributed by atoms with Gasteiger partial charge in [0.1, 0.15) is 0 Å². The largest absolute Gasteiger partial charge is 0.481 e. The van der Waals surface area contributed by atoms with Crippen LogP contribution in [0.1, 0.15) is 6.42 Å². The summed E-state index contributed by atoms with van der Waals surface area (Å²) in [6, 6.07) is 10.7. The minimum Gasteiger partial charge on any atom is -0.481 e. The number of ether oxygens (including phenoxy) is 1. The van der Waals surface area contributed by atoms with E-state index in [0.29, 0.717) is 12.4 Å². The first kappa shape index (κ1) is 17.0. The van der Waals surface area contributed by atoms with Crippen LogP contribution in [0.2, 0.25) is 0 Å². The van der Waals surface area contributed by atoms with E-state index in [1.54, 1.807) is 11.8 Å². The second-order valence-corrected chi connectivity index (χ2v) is 6.25. The molecule has 130 valence electrons. The number of pyridine rings is 1. The Morgan fingerprint density at radius 1 is 1.28 bits per heavy atom. The number of hydrogen-bond donors (Lipinski definition) is 2. The van der Waals surface area contributed by atoms with Crippen LogP contribution in [0.15, 0.2) is 41.6 Å². The first-order chi connectivity index (χ1) is 12.2. The van der Waals surface area contributed by atoms with Crippen LogP contribution in [0.3, 0.4) is 0 Å². The maximum Gasteiger partial charge on any atom is 0.311 e. The van der Waals surface area contributed by atoms with Gasteiger partial charge in [-0.15, -0.1) is 0 Å². The number of aromatic amines is 1. The SMILES string of the molecule is COc1ccc([N+](=O)[O-])c(NCCCSc2nc3ccccc3[nH]2)n1. The summed E-state index contributed by atoms with van der Waals surface area (Å²) in [5.74, 6) is 1.38. The van der Waals surface area contributed by atoms with Gasteiger partial charge in [-0.25, -0.2) is 4.98 Å². The van der Waals surface area contributed by atoms with E-state index >= 15 is 0 Å². The molecule has 8 nitrogen and oxygen atoms in total. The molecule has 0 aliphatic carbocycles. The number of imidazole rings is 1. The Hall–Kier alpha value is -2.81. The standard InChI is InChI=1S/C16H17N5O3S/c1-24-14-8-7-13(21(22)23)15(20-14)17-9-4-10-25-16-18-11-5-2-3-6-12(11)19-16/h2-3,5-8H,4,9-10H2,1H3,(H,17,20)(H,18,19). The van der Waals surface area contributed by atoms with E-state index in [2.05, 4.69) is 20.3 Å². The van der Waals surface area contributed by atoms with E-state index in [0.717, 1.165) is 28.4 Å². The van der Waals surface area contributed by atoms with E-state index in [-0.39, 0.29) is 11.5 Å². The van der Waals surface area contributed by atoms with Gasteiger partial charge in [-0.2, -0.15) is 4.98 Å². The molecule has 0 saturated heterocycles. The van der Waals surface area contributed by atoms with E-state index in [4.69, 9.17) is 4.74 Å². The van der Waals surface area contributed by atoms with E-state index < -0.39 is 4.92 Å². The quantitative estimate of drug-likeness (QED) is 0.274. The van der Waals surface area contributed by atoms with Crippen molar-refractivity contribution in [2.75, 3.05) is 24.7 Å². The Bertz CT molecular complexity index is 850. The van der Waals surface area contributed by atoms with Crippen molar-refractivity contribution in [3.8, 4) is 5.88 Å². The second kappa shape index (κ2) is 7.84. The molecule has 2 aromatic heterocycles. The lowest BCUT2D eigenvalue weighted by molar-refractivity contribution is -0.384. The lowest BCUT2D eigenvalue weighted by Crippen LogP contribution is -2.07. The van der Waals surface area contributed by atoms with Crippen molar-refractivity contribution in [3.63, 3.8) is 0 Å². The molecule has 3 aromatic rings. The van der Waals surface area contributed by atoms with Crippen molar-refractivity contribution in [2.45, 2.75) is 11.6 Å². The number of benzene rings is 1. The monoisotopic (exact) mass is 359 g/mol. The number of nitrogens with one attached hydrogen (secondary N) is 2. The van der Waals surface area contributed by atoms with Gasteiger partial charge in [-0.3, -0.25) is 10.1 Å². The summed E-state index contributed by atoms with van der Waals surface area (Å²) >= 11 is 1.61. The number of anilines is 1. The van der Waals surface area contributed by atoms with Gasteiger partial charge in [0.05, 0.1) is 23.1 Å². The number of para-hydroxylation sites is 2. The minimum atomic E-state index is -0.460. The molecule has 0 radical (unpaired) electrons. The number of nitro groups is 1. The van der Waals surface area contributed by atoms with Crippen molar-refractivity contribution in [2.24, 2.45) is 0 Å². The Kier molecular flexibility index (Phi) is 5.34. The molecule has 1 aromatic carbocycles. The summed E-state index contributed by atoms with van der Waals surface area (Å²) < 4.78 is 5.01. The zero-order chi connectivity index (χ0) is 17.6. The first-order valence-corrected chi connectivity index (χ1v) is 8.67. The van der Waals surface area contributed by atoms with Crippen LogP contribution in [0, 0.1) is 10.1 Å². The summed E-state index contributed by atoms with van der Waals surface area (Å²) in [6.45, 7) is 0.564. The fourth-order valence-corrected chi connectivity index (χ4v) is 3.10. The third-order valence-corrected chi connectivity index (χ3v) is 4.43. The molecule has 0 aliphatic rings. The predicted molar refractivity (Wildman–Crippen MR) is 97.4 cm³/mol. The van der Waals surface area contributed by atoms with Crippen LogP contribution < -0.4 is 10.1 Å². The topological polar surface area (TPSA) is 106 Å².